The number of likely N-dealkylation sites (tertiary alicyclic amines) is 1. The first-order valence-electron chi connectivity index (χ1n) is 9.73. The molecule has 146 valence electrons. The quantitative estimate of drug-likeness (QED) is 0.793. The Labute approximate surface area is 156 Å². The summed E-state index contributed by atoms with van der Waals surface area (Å²) in [6.45, 7) is 11.8. The van der Waals surface area contributed by atoms with Gasteiger partial charge in [-0.25, -0.2) is 4.39 Å². The lowest BCUT2D eigenvalue weighted by molar-refractivity contribution is 0.106. The van der Waals surface area contributed by atoms with Crippen LogP contribution in [0.5, 0.6) is 5.75 Å². The highest BCUT2D eigenvalue weighted by Gasteiger charge is 2.34. The van der Waals surface area contributed by atoms with Gasteiger partial charge < -0.3 is 19.6 Å². The second-order valence-electron chi connectivity index (χ2n) is 7.60. The molecule has 5 nitrogen and oxygen atoms in total. The molecule has 2 heterocycles. The Hall–Kier alpha value is -1.21. The van der Waals surface area contributed by atoms with Gasteiger partial charge >= 0.3 is 0 Å². The van der Waals surface area contributed by atoms with E-state index in [1.807, 2.05) is 6.07 Å². The molecule has 0 aromatic heterocycles. The number of ether oxygens (including phenoxy) is 1. The Morgan fingerprint density at radius 3 is 2.42 bits per heavy atom. The number of nitrogens with zero attached hydrogens (tertiary/aromatic N) is 3. The number of piperazine rings is 1. The molecule has 0 radical (unpaired) electrons. The lowest BCUT2D eigenvalue weighted by Crippen LogP contribution is -2.48. The van der Waals surface area contributed by atoms with Crippen molar-refractivity contribution in [3.63, 3.8) is 0 Å². The molecule has 2 atom stereocenters. The van der Waals surface area contributed by atoms with E-state index in [0.29, 0.717) is 17.6 Å². The summed E-state index contributed by atoms with van der Waals surface area (Å²) in [6, 6.07) is 5.07. The van der Waals surface area contributed by atoms with Crippen LogP contribution in [0.15, 0.2) is 18.2 Å². The average Bonchev–Trinajstić information content (AvgIpc) is 3.05. The summed E-state index contributed by atoms with van der Waals surface area (Å²) in [5, 5.41) is 9.83. The minimum Gasteiger partial charge on any atom is -0.494 e. The predicted molar refractivity (Wildman–Crippen MR) is 101 cm³/mol. The zero-order chi connectivity index (χ0) is 18.5. The van der Waals surface area contributed by atoms with Gasteiger partial charge in [0.05, 0.1) is 7.11 Å². The SMILES string of the molecule is CCN1CCN(C[C@@H]2CN(Cc3ccc(F)c(OC)c3)C[C@@H]2CO)CC1. The minimum atomic E-state index is -0.324. The van der Waals surface area contributed by atoms with E-state index >= 15 is 0 Å². The highest BCUT2D eigenvalue weighted by Crippen LogP contribution is 2.27. The van der Waals surface area contributed by atoms with E-state index in [1.54, 1.807) is 6.07 Å². The van der Waals surface area contributed by atoms with Gasteiger partial charge in [0, 0.05) is 59.0 Å². The maximum absolute atomic E-state index is 13.6. The van der Waals surface area contributed by atoms with Crippen molar-refractivity contribution >= 4 is 0 Å². The maximum atomic E-state index is 13.6. The van der Waals surface area contributed by atoms with Crippen molar-refractivity contribution in [1.29, 1.82) is 0 Å². The first kappa shape index (κ1) is 19.5. The molecule has 2 aliphatic rings. The van der Waals surface area contributed by atoms with E-state index < -0.39 is 0 Å². The Morgan fingerprint density at radius 1 is 1.08 bits per heavy atom. The topological polar surface area (TPSA) is 39.2 Å². The molecule has 0 unspecified atom stereocenters. The molecular formula is C20H32FN3O2. The van der Waals surface area contributed by atoms with E-state index in [1.165, 1.54) is 13.2 Å². The van der Waals surface area contributed by atoms with E-state index in [4.69, 9.17) is 4.74 Å². The third-order valence-corrected chi connectivity index (χ3v) is 5.91. The maximum Gasteiger partial charge on any atom is 0.165 e. The van der Waals surface area contributed by atoms with Crippen LogP contribution in [0, 0.1) is 17.7 Å². The lowest BCUT2D eigenvalue weighted by Gasteiger charge is -2.36. The molecule has 1 aromatic carbocycles. The van der Waals surface area contributed by atoms with Gasteiger partial charge in [0.2, 0.25) is 0 Å². The van der Waals surface area contributed by atoms with Gasteiger partial charge in [0.1, 0.15) is 0 Å². The van der Waals surface area contributed by atoms with Gasteiger partial charge in [-0.05, 0) is 36.1 Å². The summed E-state index contributed by atoms with van der Waals surface area (Å²) in [5.41, 5.74) is 1.05. The summed E-state index contributed by atoms with van der Waals surface area (Å²) in [5.74, 6) is 0.790. The molecule has 0 saturated carbocycles. The number of halogens is 1. The standard InChI is InChI=1S/C20H32FN3O2/c1-3-22-6-8-23(9-7-22)12-17-13-24(14-18(17)15-25)11-16-4-5-19(21)20(10-16)26-2/h4-5,10,17-18,25H,3,6-9,11-15H2,1-2H3/t17-,18-/m1/s1. The van der Waals surface area contributed by atoms with Crippen molar-refractivity contribution in [1.82, 2.24) is 14.7 Å². The molecule has 2 aliphatic heterocycles. The van der Waals surface area contributed by atoms with Crippen molar-refractivity contribution < 1.29 is 14.2 Å². The summed E-state index contributed by atoms with van der Waals surface area (Å²) in [4.78, 5) is 7.41. The Morgan fingerprint density at radius 2 is 1.77 bits per heavy atom. The molecular weight excluding hydrogens is 333 g/mol. The van der Waals surface area contributed by atoms with Crippen LogP contribution in [-0.2, 0) is 6.54 Å². The molecule has 26 heavy (non-hydrogen) atoms. The largest absolute Gasteiger partial charge is 0.494 e. The molecule has 3 rings (SSSR count). The van der Waals surface area contributed by atoms with Crippen LogP contribution >= 0.6 is 0 Å². The Balaban J connectivity index is 1.55. The summed E-state index contributed by atoms with van der Waals surface area (Å²) >= 11 is 0. The fraction of sp³-hybridized carbons (Fsp3) is 0.700. The van der Waals surface area contributed by atoms with E-state index in [0.717, 1.165) is 64.5 Å². The van der Waals surface area contributed by atoms with Crippen LogP contribution in [0.2, 0.25) is 0 Å². The third-order valence-electron chi connectivity index (χ3n) is 5.91. The van der Waals surface area contributed by atoms with Gasteiger partial charge in [-0.3, -0.25) is 4.90 Å². The fourth-order valence-corrected chi connectivity index (χ4v) is 4.26. The Kier molecular flexibility index (Phi) is 6.86. The normalized spacial score (nSPS) is 25.7. The van der Waals surface area contributed by atoms with Gasteiger partial charge in [0.15, 0.2) is 11.6 Å². The number of hydrogen-bond acceptors (Lipinski definition) is 5. The average molecular weight is 365 g/mol. The van der Waals surface area contributed by atoms with Crippen molar-refractivity contribution in [2.45, 2.75) is 13.5 Å². The van der Waals surface area contributed by atoms with Crippen LogP contribution in [-0.4, -0.2) is 85.9 Å². The summed E-state index contributed by atoms with van der Waals surface area (Å²) in [6.07, 6.45) is 0. The summed E-state index contributed by atoms with van der Waals surface area (Å²) in [7, 11) is 1.49. The van der Waals surface area contributed by atoms with Crippen LogP contribution in [0.25, 0.3) is 0 Å². The molecule has 6 heteroatoms. The second-order valence-corrected chi connectivity index (χ2v) is 7.60. The molecule has 0 aliphatic carbocycles. The second kappa shape index (κ2) is 9.13. The van der Waals surface area contributed by atoms with Crippen LogP contribution < -0.4 is 4.74 Å². The molecule has 0 bridgehead atoms. The number of aliphatic hydroxyl groups is 1. The molecule has 2 fully saturated rings. The molecule has 0 amide bonds. The molecule has 2 saturated heterocycles. The lowest BCUT2D eigenvalue weighted by atomic mass is 9.96. The van der Waals surface area contributed by atoms with Crippen LogP contribution in [0.4, 0.5) is 4.39 Å². The number of benzene rings is 1. The number of rotatable bonds is 7. The van der Waals surface area contributed by atoms with E-state index in [2.05, 4.69) is 21.6 Å². The van der Waals surface area contributed by atoms with Crippen LogP contribution in [0.3, 0.4) is 0 Å². The van der Waals surface area contributed by atoms with Crippen molar-refractivity contribution in [3.8, 4) is 5.75 Å². The number of likely N-dealkylation sites (N-methyl/N-ethyl adjacent to an activating group) is 1. The predicted octanol–water partition coefficient (Wildman–Crippen LogP) is 1.51. The van der Waals surface area contributed by atoms with Crippen molar-refractivity contribution in [3.05, 3.63) is 29.6 Å². The van der Waals surface area contributed by atoms with Gasteiger partial charge in [-0.15, -0.1) is 0 Å². The smallest absolute Gasteiger partial charge is 0.165 e. The molecule has 0 spiro atoms. The highest BCUT2D eigenvalue weighted by molar-refractivity contribution is 5.30. The minimum absolute atomic E-state index is 0.239. The third kappa shape index (κ3) is 4.74. The first-order chi connectivity index (χ1) is 12.6. The number of methoxy groups -OCH3 is 1. The zero-order valence-corrected chi connectivity index (χ0v) is 16.0. The highest BCUT2D eigenvalue weighted by atomic mass is 19.1. The number of aliphatic hydroxyl groups excluding tert-OH is 1. The molecule has 1 N–H and O–H groups in total. The summed E-state index contributed by atoms with van der Waals surface area (Å²) < 4.78 is 18.7. The van der Waals surface area contributed by atoms with E-state index in [-0.39, 0.29) is 12.4 Å². The van der Waals surface area contributed by atoms with Crippen molar-refractivity contribution in [2.75, 3.05) is 66.1 Å². The number of hydrogen-bond donors (Lipinski definition) is 1. The zero-order valence-electron chi connectivity index (χ0n) is 16.0. The molecule has 1 aromatic rings. The first-order valence-corrected chi connectivity index (χ1v) is 9.73. The van der Waals surface area contributed by atoms with E-state index in [9.17, 15) is 9.50 Å². The fourth-order valence-electron chi connectivity index (χ4n) is 4.26. The van der Waals surface area contributed by atoms with Gasteiger partial charge in [0.25, 0.3) is 0 Å². The monoisotopic (exact) mass is 365 g/mol. The van der Waals surface area contributed by atoms with Gasteiger partial charge in [-0.1, -0.05) is 13.0 Å². The van der Waals surface area contributed by atoms with Gasteiger partial charge in [-0.2, -0.15) is 0 Å². The van der Waals surface area contributed by atoms with Crippen molar-refractivity contribution in [2.24, 2.45) is 11.8 Å². The van der Waals surface area contributed by atoms with Crippen LogP contribution in [0.1, 0.15) is 12.5 Å². The Bertz CT molecular complexity index is 578.